The van der Waals surface area contributed by atoms with Crippen LogP contribution < -0.4 is 5.32 Å². The van der Waals surface area contributed by atoms with Crippen molar-refractivity contribution in [3.63, 3.8) is 0 Å². The minimum Gasteiger partial charge on any atom is -0.396 e. The van der Waals surface area contributed by atoms with Crippen LogP contribution in [0.5, 0.6) is 0 Å². The van der Waals surface area contributed by atoms with Crippen molar-refractivity contribution >= 4 is 11.6 Å². The van der Waals surface area contributed by atoms with Crippen LogP contribution >= 0.6 is 0 Å². The number of carbonyl (C=O) groups is 1. The highest BCUT2D eigenvalue weighted by Gasteiger charge is 2.25. The monoisotopic (exact) mass is 234 g/mol. The second kappa shape index (κ2) is 5.68. The third kappa shape index (κ3) is 3.20. The Hall–Kier alpha value is -1.55. The lowest BCUT2D eigenvalue weighted by Crippen LogP contribution is -2.34. The van der Waals surface area contributed by atoms with Gasteiger partial charge in [0.15, 0.2) is 0 Å². The first kappa shape index (κ1) is 11.9. The van der Waals surface area contributed by atoms with Gasteiger partial charge in [0.25, 0.3) is 0 Å². The van der Waals surface area contributed by atoms with E-state index in [1.54, 1.807) is 0 Å². The first-order chi connectivity index (χ1) is 8.29. The molecule has 4 heteroatoms. The molecule has 1 amide bonds. The van der Waals surface area contributed by atoms with Gasteiger partial charge >= 0.3 is 0 Å². The van der Waals surface area contributed by atoms with Crippen LogP contribution in [0.15, 0.2) is 30.3 Å². The zero-order valence-electron chi connectivity index (χ0n) is 9.80. The Morgan fingerprint density at radius 3 is 2.82 bits per heavy atom. The Bertz CT molecular complexity index is 367. The van der Waals surface area contributed by atoms with Gasteiger partial charge in [0.1, 0.15) is 0 Å². The van der Waals surface area contributed by atoms with E-state index >= 15 is 0 Å². The van der Waals surface area contributed by atoms with E-state index in [4.69, 9.17) is 5.11 Å². The molecule has 1 aliphatic heterocycles. The van der Waals surface area contributed by atoms with Crippen molar-refractivity contribution in [1.82, 2.24) is 4.90 Å². The molecule has 1 saturated heterocycles. The quantitative estimate of drug-likeness (QED) is 0.815. The fraction of sp³-hybridized carbons (Fsp3) is 0.462. The van der Waals surface area contributed by atoms with E-state index in [-0.39, 0.29) is 18.4 Å². The molecule has 4 nitrogen and oxygen atoms in total. The summed E-state index contributed by atoms with van der Waals surface area (Å²) in [4.78, 5) is 13.7. The number of aliphatic hydroxyl groups is 1. The van der Waals surface area contributed by atoms with Gasteiger partial charge in [-0.2, -0.15) is 0 Å². The van der Waals surface area contributed by atoms with Crippen LogP contribution in [-0.2, 0) is 4.79 Å². The van der Waals surface area contributed by atoms with Crippen LogP contribution in [0.1, 0.15) is 6.42 Å². The Labute approximate surface area is 101 Å². The maximum absolute atomic E-state index is 11.9. The van der Waals surface area contributed by atoms with E-state index in [9.17, 15) is 4.79 Å². The molecule has 1 unspecified atom stereocenters. The summed E-state index contributed by atoms with van der Waals surface area (Å²) in [6, 6.07) is 9.69. The molecule has 0 aromatic heterocycles. The predicted octanol–water partition coefficient (Wildman–Crippen LogP) is 0.939. The molecular formula is C13H18N2O2. The number of hydrogen-bond donors (Lipinski definition) is 2. The highest BCUT2D eigenvalue weighted by Crippen LogP contribution is 2.15. The lowest BCUT2D eigenvalue weighted by Gasteiger charge is -2.16. The lowest BCUT2D eigenvalue weighted by molar-refractivity contribution is -0.128. The Balaban J connectivity index is 1.78. The van der Waals surface area contributed by atoms with Crippen molar-refractivity contribution in [2.45, 2.75) is 6.42 Å². The fourth-order valence-electron chi connectivity index (χ4n) is 2.05. The number of nitrogens with one attached hydrogen (secondary N) is 1. The van der Waals surface area contributed by atoms with Crippen LogP contribution in [0.4, 0.5) is 5.69 Å². The largest absolute Gasteiger partial charge is 0.396 e. The lowest BCUT2D eigenvalue weighted by atomic mass is 10.1. The molecular weight excluding hydrogens is 216 g/mol. The fourth-order valence-corrected chi connectivity index (χ4v) is 2.05. The molecule has 2 rings (SSSR count). The summed E-state index contributed by atoms with van der Waals surface area (Å²) < 4.78 is 0. The maximum Gasteiger partial charge on any atom is 0.241 e. The molecule has 1 aliphatic rings. The van der Waals surface area contributed by atoms with Gasteiger partial charge in [-0.1, -0.05) is 18.2 Å². The normalized spacial score (nSPS) is 19.4. The van der Waals surface area contributed by atoms with E-state index < -0.39 is 0 Å². The van der Waals surface area contributed by atoms with Crippen molar-refractivity contribution in [2.75, 3.05) is 31.6 Å². The number of likely N-dealkylation sites (tertiary alicyclic amines) is 1. The van der Waals surface area contributed by atoms with Crippen LogP contribution in [0.25, 0.3) is 0 Å². The Morgan fingerprint density at radius 2 is 2.18 bits per heavy atom. The summed E-state index contributed by atoms with van der Waals surface area (Å²) >= 11 is 0. The van der Waals surface area contributed by atoms with Gasteiger partial charge in [-0.3, -0.25) is 4.79 Å². The number of rotatable bonds is 4. The average Bonchev–Trinajstić information content (AvgIpc) is 2.86. The highest BCUT2D eigenvalue weighted by atomic mass is 16.3. The number of anilines is 1. The van der Waals surface area contributed by atoms with Crippen LogP contribution in [-0.4, -0.2) is 42.2 Å². The van der Waals surface area contributed by atoms with Gasteiger partial charge in [0.2, 0.25) is 5.91 Å². The van der Waals surface area contributed by atoms with Crippen molar-refractivity contribution in [1.29, 1.82) is 0 Å². The molecule has 1 fully saturated rings. The summed E-state index contributed by atoms with van der Waals surface area (Å²) in [6.07, 6.45) is 0.910. The molecule has 2 N–H and O–H groups in total. The van der Waals surface area contributed by atoms with E-state index in [1.165, 1.54) is 0 Å². The Kier molecular flexibility index (Phi) is 3.98. The predicted molar refractivity (Wildman–Crippen MR) is 66.7 cm³/mol. The SMILES string of the molecule is O=C(CNc1ccccc1)N1CCC(CO)C1. The molecule has 0 spiro atoms. The van der Waals surface area contributed by atoms with Crippen molar-refractivity contribution in [3.05, 3.63) is 30.3 Å². The number of aliphatic hydroxyl groups excluding tert-OH is 1. The van der Waals surface area contributed by atoms with Gasteiger partial charge in [0.05, 0.1) is 6.54 Å². The zero-order chi connectivity index (χ0) is 12.1. The molecule has 17 heavy (non-hydrogen) atoms. The van der Waals surface area contributed by atoms with Crippen LogP contribution in [0.2, 0.25) is 0 Å². The number of benzene rings is 1. The topological polar surface area (TPSA) is 52.6 Å². The molecule has 1 atom stereocenters. The average molecular weight is 234 g/mol. The van der Waals surface area contributed by atoms with Crippen LogP contribution in [0.3, 0.4) is 0 Å². The Morgan fingerprint density at radius 1 is 1.41 bits per heavy atom. The number of para-hydroxylation sites is 1. The summed E-state index contributed by atoms with van der Waals surface area (Å²) in [5.41, 5.74) is 0.957. The highest BCUT2D eigenvalue weighted by molar-refractivity contribution is 5.81. The summed E-state index contributed by atoms with van der Waals surface area (Å²) in [5.74, 6) is 0.362. The third-order valence-corrected chi connectivity index (χ3v) is 3.11. The van der Waals surface area contributed by atoms with Gasteiger partial charge in [-0.25, -0.2) is 0 Å². The second-order valence-electron chi connectivity index (χ2n) is 4.40. The summed E-state index contributed by atoms with van der Waals surface area (Å²) in [7, 11) is 0. The first-order valence-corrected chi connectivity index (χ1v) is 5.97. The van der Waals surface area contributed by atoms with Gasteiger partial charge < -0.3 is 15.3 Å². The van der Waals surface area contributed by atoms with Crippen LogP contribution in [0, 0.1) is 5.92 Å². The minimum atomic E-state index is 0.102. The second-order valence-corrected chi connectivity index (χ2v) is 4.40. The number of nitrogens with zero attached hydrogens (tertiary/aromatic N) is 1. The third-order valence-electron chi connectivity index (χ3n) is 3.11. The number of carbonyl (C=O) groups excluding carboxylic acids is 1. The number of amides is 1. The number of hydrogen-bond acceptors (Lipinski definition) is 3. The molecule has 0 bridgehead atoms. The summed E-state index contributed by atoms with van der Waals surface area (Å²) in [6.45, 7) is 1.95. The van der Waals surface area contributed by atoms with Crippen molar-refractivity contribution in [2.24, 2.45) is 5.92 Å². The van der Waals surface area contributed by atoms with Crippen molar-refractivity contribution < 1.29 is 9.90 Å². The smallest absolute Gasteiger partial charge is 0.241 e. The maximum atomic E-state index is 11.9. The minimum absolute atomic E-state index is 0.102. The molecule has 92 valence electrons. The zero-order valence-corrected chi connectivity index (χ0v) is 9.80. The van der Waals surface area contributed by atoms with Gasteiger partial charge in [-0.05, 0) is 18.6 Å². The van der Waals surface area contributed by atoms with Gasteiger partial charge in [-0.15, -0.1) is 0 Å². The molecule has 1 aromatic carbocycles. The first-order valence-electron chi connectivity index (χ1n) is 5.97. The van der Waals surface area contributed by atoms with E-state index in [1.807, 2.05) is 35.2 Å². The molecule has 1 heterocycles. The standard InChI is InChI=1S/C13H18N2O2/c16-10-11-6-7-15(9-11)13(17)8-14-12-4-2-1-3-5-12/h1-5,11,14,16H,6-10H2. The molecule has 1 aromatic rings. The van der Waals surface area contributed by atoms with E-state index in [0.29, 0.717) is 13.1 Å². The molecule has 0 aliphatic carbocycles. The molecule has 0 saturated carbocycles. The van der Waals surface area contributed by atoms with Gasteiger partial charge in [0, 0.05) is 31.3 Å². The van der Waals surface area contributed by atoms with E-state index in [0.717, 1.165) is 18.7 Å². The molecule has 0 radical (unpaired) electrons. The van der Waals surface area contributed by atoms with Crippen molar-refractivity contribution in [3.8, 4) is 0 Å². The summed E-state index contributed by atoms with van der Waals surface area (Å²) in [5, 5.41) is 12.1. The van der Waals surface area contributed by atoms with E-state index in [2.05, 4.69) is 5.32 Å².